The number of unbranched alkanes of at least 4 members (excludes halogenated alkanes) is 2. The number of carbonyl (C=O) groups is 1. The Kier molecular flexibility index (Phi) is 4.47. The summed E-state index contributed by atoms with van der Waals surface area (Å²) in [4.78, 5) is 14.7. The molecule has 0 aromatic heterocycles. The second-order valence-electron chi connectivity index (χ2n) is 5.62. The maximum atomic E-state index is 12.8. The highest BCUT2D eigenvalue weighted by molar-refractivity contribution is 6.22. The fourth-order valence-electron chi connectivity index (χ4n) is 2.88. The van der Waals surface area contributed by atoms with Crippen LogP contribution in [0.4, 0.5) is 5.69 Å². The van der Waals surface area contributed by atoms with E-state index >= 15 is 0 Å². The van der Waals surface area contributed by atoms with Gasteiger partial charge in [0.25, 0.3) is 5.91 Å². The van der Waals surface area contributed by atoms with Gasteiger partial charge in [-0.15, -0.1) is 0 Å². The van der Waals surface area contributed by atoms with Crippen molar-refractivity contribution in [3.63, 3.8) is 0 Å². The molecule has 0 radical (unpaired) electrons. The number of allylic oxidation sites excluding steroid dienone is 1. The molecule has 3 nitrogen and oxygen atoms in total. The standard InChI is InChI=1S/C20H21NO2/c1-3-4-5-10-19-17-8-6-7-9-18(17)20(22)21(19)15-11-13-16(23-2)14-12-15/h6-14H,3-5H2,1-2H3/b19-10-. The summed E-state index contributed by atoms with van der Waals surface area (Å²) in [6.45, 7) is 2.17. The number of rotatable bonds is 5. The van der Waals surface area contributed by atoms with Crippen LogP contribution in [0.3, 0.4) is 0 Å². The number of hydrogen-bond donors (Lipinski definition) is 0. The van der Waals surface area contributed by atoms with Crippen LogP contribution in [-0.4, -0.2) is 13.0 Å². The van der Waals surface area contributed by atoms with Crippen molar-refractivity contribution in [1.29, 1.82) is 0 Å². The number of ether oxygens (including phenoxy) is 1. The van der Waals surface area contributed by atoms with E-state index in [2.05, 4.69) is 13.0 Å². The number of fused-ring (bicyclic) bond motifs is 1. The van der Waals surface area contributed by atoms with Crippen molar-refractivity contribution in [2.45, 2.75) is 26.2 Å². The van der Waals surface area contributed by atoms with Gasteiger partial charge in [-0.25, -0.2) is 0 Å². The highest BCUT2D eigenvalue weighted by Gasteiger charge is 2.32. The first kappa shape index (κ1) is 15.3. The van der Waals surface area contributed by atoms with E-state index in [1.165, 1.54) is 0 Å². The molecule has 0 saturated carbocycles. The highest BCUT2D eigenvalue weighted by atomic mass is 16.5. The second kappa shape index (κ2) is 6.69. The van der Waals surface area contributed by atoms with Gasteiger partial charge in [-0.2, -0.15) is 0 Å². The lowest BCUT2D eigenvalue weighted by Crippen LogP contribution is -2.22. The molecule has 1 amide bonds. The van der Waals surface area contributed by atoms with E-state index in [1.807, 2.05) is 48.5 Å². The quantitative estimate of drug-likeness (QED) is 0.736. The number of hydrogen-bond acceptors (Lipinski definition) is 2. The minimum atomic E-state index is 0.0357. The van der Waals surface area contributed by atoms with Crippen molar-refractivity contribution in [3.8, 4) is 5.75 Å². The number of benzene rings is 2. The molecule has 3 rings (SSSR count). The van der Waals surface area contributed by atoms with Crippen LogP contribution in [0.25, 0.3) is 5.70 Å². The minimum Gasteiger partial charge on any atom is -0.497 e. The topological polar surface area (TPSA) is 29.5 Å². The van der Waals surface area contributed by atoms with Gasteiger partial charge in [-0.3, -0.25) is 9.69 Å². The van der Waals surface area contributed by atoms with E-state index in [1.54, 1.807) is 12.0 Å². The number of anilines is 1. The van der Waals surface area contributed by atoms with E-state index in [0.717, 1.165) is 47.5 Å². The monoisotopic (exact) mass is 307 g/mol. The predicted molar refractivity (Wildman–Crippen MR) is 93.7 cm³/mol. The maximum Gasteiger partial charge on any atom is 0.263 e. The van der Waals surface area contributed by atoms with Crippen LogP contribution < -0.4 is 9.64 Å². The lowest BCUT2D eigenvalue weighted by molar-refractivity contribution is 0.101. The molecule has 0 aliphatic carbocycles. The molecular weight excluding hydrogens is 286 g/mol. The van der Waals surface area contributed by atoms with Crippen molar-refractivity contribution in [3.05, 3.63) is 65.7 Å². The average molecular weight is 307 g/mol. The molecule has 3 heteroatoms. The first-order valence-corrected chi connectivity index (χ1v) is 8.04. The Hall–Kier alpha value is -2.55. The summed E-state index contributed by atoms with van der Waals surface area (Å²) in [5, 5.41) is 0. The van der Waals surface area contributed by atoms with Crippen LogP contribution in [0.5, 0.6) is 5.75 Å². The summed E-state index contributed by atoms with van der Waals surface area (Å²) in [6, 6.07) is 15.4. The van der Waals surface area contributed by atoms with E-state index in [4.69, 9.17) is 4.74 Å². The van der Waals surface area contributed by atoms with Gasteiger partial charge >= 0.3 is 0 Å². The van der Waals surface area contributed by atoms with Gasteiger partial charge in [0.1, 0.15) is 5.75 Å². The molecule has 2 aromatic carbocycles. The number of amides is 1. The van der Waals surface area contributed by atoms with E-state index in [9.17, 15) is 4.79 Å². The lowest BCUT2D eigenvalue weighted by atomic mass is 10.1. The highest BCUT2D eigenvalue weighted by Crippen LogP contribution is 2.37. The fraction of sp³-hybridized carbons (Fsp3) is 0.250. The molecule has 0 N–H and O–H groups in total. The normalized spacial score (nSPS) is 15.1. The zero-order chi connectivity index (χ0) is 16.2. The van der Waals surface area contributed by atoms with Gasteiger partial charge in [-0.05, 0) is 43.2 Å². The lowest BCUT2D eigenvalue weighted by Gasteiger charge is -2.19. The Labute approximate surface area is 137 Å². The van der Waals surface area contributed by atoms with Gasteiger partial charge in [0, 0.05) is 16.8 Å². The molecule has 0 spiro atoms. The average Bonchev–Trinajstić information content (AvgIpc) is 2.88. The second-order valence-corrected chi connectivity index (χ2v) is 5.62. The Bertz CT molecular complexity index is 732. The number of carbonyl (C=O) groups excluding carboxylic acids is 1. The fourth-order valence-corrected chi connectivity index (χ4v) is 2.88. The summed E-state index contributed by atoms with van der Waals surface area (Å²) in [5.74, 6) is 0.822. The van der Waals surface area contributed by atoms with Crippen LogP contribution in [0.15, 0.2) is 54.6 Å². The van der Waals surface area contributed by atoms with Crippen LogP contribution >= 0.6 is 0 Å². The van der Waals surface area contributed by atoms with Gasteiger partial charge in [0.15, 0.2) is 0 Å². The molecule has 0 unspecified atom stereocenters. The smallest absolute Gasteiger partial charge is 0.263 e. The predicted octanol–water partition coefficient (Wildman–Crippen LogP) is 4.89. The Morgan fingerprint density at radius 1 is 1.04 bits per heavy atom. The summed E-state index contributed by atoms with van der Waals surface area (Å²) >= 11 is 0. The molecule has 1 aliphatic rings. The molecule has 118 valence electrons. The number of nitrogens with zero attached hydrogens (tertiary/aromatic N) is 1. The third-order valence-corrected chi connectivity index (χ3v) is 4.10. The van der Waals surface area contributed by atoms with Crippen LogP contribution in [0.2, 0.25) is 0 Å². The van der Waals surface area contributed by atoms with Crippen LogP contribution in [0.1, 0.15) is 42.1 Å². The van der Waals surface area contributed by atoms with Gasteiger partial charge in [-0.1, -0.05) is 37.6 Å². The molecule has 2 aromatic rings. The molecule has 0 fully saturated rings. The van der Waals surface area contributed by atoms with Gasteiger partial charge in [0.2, 0.25) is 0 Å². The van der Waals surface area contributed by atoms with Crippen LogP contribution in [0, 0.1) is 0 Å². The minimum absolute atomic E-state index is 0.0357. The van der Waals surface area contributed by atoms with Crippen molar-refractivity contribution in [2.75, 3.05) is 12.0 Å². The van der Waals surface area contributed by atoms with Crippen LogP contribution in [-0.2, 0) is 0 Å². The third kappa shape index (κ3) is 2.87. The van der Waals surface area contributed by atoms with Gasteiger partial charge < -0.3 is 4.74 Å². The first-order valence-electron chi connectivity index (χ1n) is 8.04. The molecule has 23 heavy (non-hydrogen) atoms. The van der Waals surface area contributed by atoms with E-state index in [0.29, 0.717) is 0 Å². The summed E-state index contributed by atoms with van der Waals surface area (Å²) in [7, 11) is 1.64. The SMILES string of the molecule is CCCC/C=C1/c2ccccc2C(=O)N1c1ccc(OC)cc1. The molecule has 1 aliphatic heterocycles. The molecule has 0 bridgehead atoms. The largest absolute Gasteiger partial charge is 0.497 e. The zero-order valence-electron chi connectivity index (χ0n) is 13.6. The Balaban J connectivity index is 2.03. The maximum absolute atomic E-state index is 12.8. The number of methoxy groups -OCH3 is 1. The molecule has 1 heterocycles. The summed E-state index contributed by atoms with van der Waals surface area (Å²) in [6.07, 6.45) is 5.41. The first-order chi connectivity index (χ1) is 11.3. The van der Waals surface area contributed by atoms with Crippen molar-refractivity contribution >= 4 is 17.3 Å². The summed E-state index contributed by atoms with van der Waals surface area (Å²) < 4.78 is 5.21. The van der Waals surface area contributed by atoms with E-state index < -0.39 is 0 Å². The Morgan fingerprint density at radius 2 is 1.74 bits per heavy atom. The summed E-state index contributed by atoms with van der Waals surface area (Å²) in [5.41, 5.74) is 3.65. The molecule has 0 saturated heterocycles. The Morgan fingerprint density at radius 3 is 2.39 bits per heavy atom. The van der Waals surface area contributed by atoms with E-state index in [-0.39, 0.29) is 5.91 Å². The van der Waals surface area contributed by atoms with Crippen molar-refractivity contribution < 1.29 is 9.53 Å². The zero-order valence-corrected chi connectivity index (χ0v) is 13.6. The van der Waals surface area contributed by atoms with Crippen molar-refractivity contribution in [2.24, 2.45) is 0 Å². The third-order valence-electron chi connectivity index (χ3n) is 4.10. The molecular formula is C20H21NO2. The molecule has 0 atom stereocenters. The van der Waals surface area contributed by atoms with Crippen molar-refractivity contribution in [1.82, 2.24) is 0 Å². The van der Waals surface area contributed by atoms with Gasteiger partial charge in [0.05, 0.1) is 12.8 Å².